The Balaban J connectivity index is 2.08. The zero-order valence-electron chi connectivity index (χ0n) is 13.0. The second-order valence-corrected chi connectivity index (χ2v) is 7.39. The van der Waals surface area contributed by atoms with Gasteiger partial charge in [-0.05, 0) is 29.8 Å². The summed E-state index contributed by atoms with van der Waals surface area (Å²) in [6.45, 7) is -3.15. The number of ether oxygens (including phenoxy) is 1. The van der Waals surface area contributed by atoms with Crippen LogP contribution in [0.15, 0.2) is 42.5 Å². The first-order valence-corrected chi connectivity index (χ1v) is 9.02. The number of halogens is 3. The summed E-state index contributed by atoms with van der Waals surface area (Å²) in [6, 6.07) is 8.91. The van der Waals surface area contributed by atoms with Gasteiger partial charge < -0.3 is 10.1 Å². The first-order valence-electron chi connectivity index (χ1n) is 6.96. The molecule has 9 heteroatoms. The van der Waals surface area contributed by atoms with Crippen molar-refractivity contribution in [1.29, 1.82) is 0 Å². The van der Waals surface area contributed by atoms with Crippen LogP contribution in [-0.4, -0.2) is 27.2 Å². The molecule has 1 amide bonds. The first-order chi connectivity index (χ1) is 11.6. The molecule has 1 N–H and O–H groups in total. The summed E-state index contributed by atoms with van der Waals surface area (Å²) in [4.78, 5) is 12.1. The highest BCUT2D eigenvalue weighted by molar-refractivity contribution is 7.89. The Morgan fingerprint density at radius 1 is 1.16 bits per heavy atom. The monoisotopic (exact) mass is 373 g/mol. The molecule has 0 unspecified atom stereocenters. The maximum absolute atomic E-state index is 13.6. The lowest BCUT2D eigenvalue weighted by molar-refractivity contribution is -0.0521. The van der Waals surface area contributed by atoms with Crippen LogP contribution in [0.2, 0.25) is 0 Å². The van der Waals surface area contributed by atoms with Gasteiger partial charge in [-0.2, -0.15) is 8.78 Å². The summed E-state index contributed by atoms with van der Waals surface area (Å²) in [5.41, 5.74) is 0.813. The molecule has 0 saturated carbocycles. The molecule has 2 aromatic carbocycles. The van der Waals surface area contributed by atoms with Crippen molar-refractivity contribution >= 4 is 21.4 Å². The molecule has 2 rings (SSSR count). The summed E-state index contributed by atoms with van der Waals surface area (Å²) in [5, 5.41) is 2.41. The second-order valence-electron chi connectivity index (χ2n) is 5.24. The van der Waals surface area contributed by atoms with Crippen molar-refractivity contribution < 1.29 is 31.1 Å². The van der Waals surface area contributed by atoms with Crippen LogP contribution >= 0.6 is 0 Å². The molecule has 0 heterocycles. The first kappa shape index (κ1) is 18.8. The molecule has 0 radical (unpaired) electrons. The smallest absolute Gasteiger partial charge is 0.387 e. The molecule has 0 aromatic heterocycles. The minimum absolute atomic E-state index is 0.0596. The zero-order valence-corrected chi connectivity index (χ0v) is 13.8. The van der Waals surface area contributed by atoms with Gasteiger partial charge in [0.25, 0.3) is 5.91 Å². The van der Waals surface area contributed by atoms with Crippen molar-refractivity contribution in [2.45, 2.75) is 12.4 Å². The molecular formula is C16H14F3NO4S. The topological polar surface area (TPSA) is 72.5 Å². The third kappa shape index (κ3) is 5.79. The van der Waals surface area contributed by atoms with E-state index < -0.39 is 33.9 Å². The Labute approximate surface area is 142 Å². The number of sulfone groups is 1. The SMILES string of the molecule is CS(=O)(=O)Cc1ccc(C(=O)Nc2ccc(OC(F)F)c(F)c2)cc1. The summed E-state index contributed by atoms with van der Waals surface area (Å²) in [7, 11) is -3.18. The van der Waals surface area contributed by atoms with E-state index in [1.165, 1.54) is 30.3 Å². The number of hydrogen-bond acceptors (Lipinski definition) is 4. The molecule has 0 aliphatic rings. The molecule has 0 aliphatic heterocycles. The molecular weight excluding hydrogens is 359 g/mol. The maximum Gasteiger partial charge on any atom is 0.387 e. The van der Waals surface area contributed by atoms with Crippen LogP contribution < -0.4 is 10.1 Å². The van der Waals surface area contributed by atoms with Crippen molar-refractivity contribution in [3.8, 4) is 5.75 Å². The van der Waals surface area contributed by atoms with Gasteiger partial charge in [-0.3, -0.25) is 4.79 Å². The lowest BCUT2D eigenvalue weighted by atomic mass is 10.1. The lowest BCUT2D eigenvalue weighted by Crippen LogP contribution is -2.12. The van der Waals surface area contributed by atoms with Crippen LogP contribution in [0.1, 0.15) is 15.9 Å². The van der Waals surface area contributed by atoms with Gasteiger partial charge in [-0.15, -0.1) is 0 Å². The van der Waals surface area contributed by atoms with Gasteiger partial charge in [0.15, 0.2) is 21.4 Å². The van der Waals surface area contributed by atoms with Crippen LogP contribution in [0.3, 0.4) is 0 Å². The van der Waals surface area contributed by atoms with Crippen LogP contribution in [0.4, 0.5) is 18.9 Å². The number of amides is 1. The fourth-order valence-electron chi connectivity index (χ4n) is 2.03. The molecule has 2 aromatic rings. The fraction of sp³-hybridized carbons (Fsp3) is 0.188. The van der Waals surface area contributed by atoms with E-state index >= 15 is 0 Å². The molecule has 0 atom stereocenters. The van der Waals surface area contributed by atoms with Gasteiger partial charge in [0.1, 0.15) is 0 Å². The van der Waals surface area contributed by atoms with Crippen LogP contribution in [0, 0.1) is 5.82 Å². The van der Waals surface area contributed by atoms with Crippen molar-refractivity contribution in [2.75, 3.05) is 11.6 Å². The van der Waals surface area contributed by atoms with Crippen molar-refractivity contribution in [2.24, 2.45) is 0 Å². The van der Waals surface area contributed by atoms with Crippen molar-refractivity contribution in [1.82, 2.24) is 0 Å². The number of alkyl halides is 2. The van der Waals surface area contributed by atoms with Crippen molar-refractivity contribution in [3.05, 3.63) is 59.4 Å². The number of carbonyl (C=O) groups excluding carboxylic acids is 1. The predicted molar refractivity (Wildman–Crippen MR) is 86.0 cm³/mol. The molecule has 5 nitrogen and oxygen atoms in total. The van der Waals surface area contributed by atoms with E-state index in [1.807, 2.05) is 0 Å². The van der Waals surface area contributed by atoms with Gasteiger partial charge in [-0.25, -0.2) is 12.8 Å². The van der Waals surface area contributed by atoms with Crippen LogP contribution in [0.25, 0.3) is 0 Å². The quantitative estimate of drug-likeness (QED) is 0.844. The highest BCUT2D eigenvalue weighted by atomic mass is 32.2. The Hall–Kier alpha value is -2.55. The molecule has 134 valence electrons. The average molecular weight is 373 g/mol. The number of rotatable bonds is 6. The van der Waals surface area contributed by atoms with Gasteiger partial charge >= 0.3 is 6.61 Å². The van der Waals surface area contributed by atoms with E-state index in [9.17, 15) is 26.4 Å². The highest BCUT2D eigenvalue weighted by Crippen LogP contribution is 2.23. The van der Waals surface area contributed by atoms with Gasteiger partial charge in [0.2, 0.25) is 0 Å². The maximum atomic E-state index is 13.6. The number of anilines is 1. The summed E-state index contributed by atoms with van der Waals surface area (Å²) >= 11 is 0. The van der Waals surface area contributed by atoms with E-state index in [4.69, 9.17) is 0 Å². The van der Waals surface area contributed by atoms with Gasteiger partial charge in [0.05, 0.1) is 5.75 Å². The number of carbonyl (C=O) groups is 1. The van der Waals surface area contributed by atoms with Crippen molar-refractivity contribution in [3.63, 3.8) is 0 Å². The number of benzene rings is 2. The summed E-state index contributed by atoms with van der Waals surface area (Å²) in [6.07, 6.45) is 1.10. The Kier molecular flexibility index (Phi) is 5.68. The fourth-order valence-corrected chi connectivity index (χ4v) is 2.83. The third-order valence-electron chi connectivity index (χ3n) is 3.05. The highest BCUT2D eigenvalue weighted by Gasteiger charge is 2.12. The minimum Gasteiger partial charge on any atom is -0.432 e. The molecule has 0 fully saturated rings. The Bertz CT molecular complexity index is 867. The second kappa shape index (κ2) is 7.56. The zero-order chi connectivity index (χ0) is 18.6. The summed E-state index contributed by atoms with van der Waals surface area (Å²) < 4.78 is 64.2. The molecule has 25 heavy (non-hydrogen) atoms. The lowest BCUT2D eigenvalue weighted by Gasteiger charge is -2.09. The standard InChI is InChI=1S/C16H14F3NO4S/c1-25(22,23)9-10-2-4-11(5-3-10)15(21)20-12-6-7-14(13(17)8-12)24-16(18)19/h2-8,16H,9H2,1H3,(H,20,21). The van der Waals surface area contributed by atoms with E-state index in [1.54, 1.807) is 0 Å². The van der Waals surface area contributed by atoms with Gasteiger partial charge in [-0.1, -0.05) is 12.1 Å². The molecule has 0 aliphatic carbocycles. The van der Waals surface area contributed by atoms with E-state index in [-0.39, 0.29) is 17.0 Å². The largest absolute Gasteiger partial charge is 0.432 e. The predicted octanol–water partition coefficient (Wildman–Crippen LogP) is 3.22. The molecule has 0 spiro atoms. The van der Waals surface area contributed by atoms with E-state index in [0.717, 1.165) is 18.4 Å². The summed E-state index contributed by atoms with van der Waals surface area (Å²) in [5.74, 6) is -2.38. The minimum atomic E-state index is -3.18. The van der Waals surface area contributed by atoms with Crippen LogP contribution in [-0.2, 0) is 15.6 Å². The van der Waals surface area contributed by atoms with E-state index in [2.05, 4.69) is 10.1 Å². The normalized spacial score (nSPS) is 11.4. The molecule has 0 bridgehead atoms. The van der Waals surface area contributed by atoms with E-state index in [0.29, 0.717) is 5.56 Å². The van der Waals surface area contributed by atoms with Crippen LogP contribution in [0.5, 0.6) is 5.75 Å². The molecule has 0 saturated heterocycles. The number of hydrogen-bond donors (Lipinski definition) is 1. The Morgan fingerprint density at radius 2 is 1.80 bits per heavy atom. The number of nitrogens with one attached hydrogen (secondary N) is 1. The Morgan fingerprint density at radius 3 is 2.32 bits per heavy atom. The average Bonchev–Trinajstić information content (AvgIpc) is 2.48. The third-order valence-corrected chi connectivity index (χ3v) is 3.91. The van der Waals surface area contributed by atoms with Gasteiger partial charge in [0, 0.05) is 23.6 Å².